The molecule has 2 aromatic rings. The Balaban J connectivity index is 1.80. The molecule has 23 heavy (non-hydrogen) atoms. The van der Waals surface area contributed by atoms with Gasteiger partial charge in [-0.1, -0.05) is 11.6 Å². The highest BCUT2D eigenvalue weighted by Crippen LogP contribution is 2.34. The third-order valence-corrected chi connectivity index (χ3v) is 4.56. The summed E-state index contributed by atoms with van der Waals surface area (Å²) < 4.78 is 28.5. The molecule has 0 radical (unpaired) electrons. The lowest BCUT2D eigenvalue weighted by Crippen LogP contribution is -2.32. The van der Waals surface area contributed by atoms with Crippen LogP contribution in [0.5, 0.6) is 0 Å². The average Bonchev–Trinajstić information content (AvgIpc) is 2.81. The summed E-state index contributed by atoms with van der Waals surface area (Å²) in [6, 6.07) is 5.54. The van der Waals surface area contributed by atoms with Gasteiger partial charge in [0.05, 0.1) is 5.69 Å². The molecule has 0 unspecified atom stereocenters. The van der Waals surface area contributed by atoms with Gasteiger partial charge in [0.15, 0.2) is 5.82 Å². The number of hydrogen-bond acceptors (Lipinski definition) is 3. The quantitative estimate of drug-likeness (QED) is 0.840. The molecule has 0 bridgehead atoms. The van der Waals surface area contributed by atoms with Gasteiger partial charge in [-0.15, -0.1) is 0 Å². The summed E-state index contributed by atoms with van der Waals surface area (Å²) in [4.78, 5) is 8.76. The molecule has 2 aromatic heterocycles. The van der Waals surface area contributed by atoms with E-state index in [9.17, 15) is 8.78 Å². The number of alkyl halides is 2. The zero-order valence-corrected chi connectivity index (χ0v) is 13.9. The number of halogens is 3. The van der Waals surface area contributed by atoms with Crippen molar-refractivity contribution in [2.45, 2.75) is 44.6 Å². The van der Waals surface area contributed by atoms with Gasteiger partial charge in [0.2, 0.25) is 5.92 Å². The van der Waals surface area contributed by atoms with E-state index in [1.807, 2.05) is 30.7 Å². The maximum atomic E-state index is 13.2. The second kappa shape index (κ2) is 6.07. The first-order chi connectivity index (χ1) is 10.8. The SMILES string of the molecule is Cc1ccc(-c2nc(Cl)cc(NC3CCC(F)(F)CC3)n2)n1C. The number of anilines is 1. The molecule has 1 aliphatic carbocycles. The Bertz CT molecular complexity index is 704. The van der Waals surface area contributed by atoms with Gasteiger partial charge in [0, 0.05) is 37.7 Å². The van der Waals surface area contributed by atoms with Crippen LogP contribution in [0, 0.1) is 6.92 Å². The molecular formula is C16H19ClF2N4. The van der Waals surface area contributed by atoms with Crippen molar-refractivity contribution < 1.29 is 8.78 Å². The number of hydrogen-bond donors (Lipinski definition) is 1. The highest BCUT2D eigenvalue weighted by atomic mass is 35.5. The molecule has 7 heteroatoms. The summed E-state index contributed by atoms with van der Waals surface area (Å²) in [6.45, 7) is 2.00. The van der Waals surface area contributed by atoms with Gasteiger partial charge in [-0.25, -0.2) is 18.7 Å². The average molecular weight is 341 g/mol. The molecule has 0 spiro atoms. The maximum Gasteiger partial charge on any atom is 0.248 e. The third kappa shape index (κ3) is 3.63. The zero-order valence-electron chi connectivity index (χ0n) is 13.1. The van der Waals surface area contributed by atoms with Crippen LogP contribution in [0.25, 0.3) is 11.5 Å². The molecular weight excluding hydrogens is 322 g/mol. The van der Waals surface area contributed by atoms with E-state index in [2.05, 4.69) is 15.3 Å². The summed E-state index contributed by atoms with van der Waals surface area (Å²) in [6.07, 6.45) is 0.668. The summed E-state index contributed by atoms with van der Waals surface area (Å²) in [5.41, 5.74) is 1.95. The Morgan fingerprint density at radius 1 is 1.26 bits per heavy atom. The molecule has 0 aliphatic heterocycles. The predicted molar refractivity (Wildman–Crippen MR) is 87.0 cm³/mol. The normalized spacial score (nSPS) is 18.1. The van der Waals surface area contributed by atoms with Gasteiger partial charge < -0.3 is 9.88 Å². The van der Waals surface area contributed by atoms with E-state index >= 15 is 0 Å². The summed E-state index contributed by atoms with van der Waals surface area (Å²) in [7, 11) is 1.94. The van der Waals surface area contributed by atoms with E-state index in [4.69, 9.17) is 11.6 Å². The van der Waals surface area contributed by atoms with Crippen molar-refractivity contribution in [3.8, 4) is 11.5 Å². The van der Waals surface area contributed by atoms with Crippen LogP contribution in [0.3, 0.4) is 0 Å². The van der Waals surface area contributed by atoms with Crippen molar-refractivity contribution in [1.29, 1.82) is 0 Å². The zero-order chi connectivity index (χ0) is 16.6. The van der Waals surface area contributed by atoms with Gasteiger partial charge in [-0.05, 0) is 31.9 Å². The molecule has 0 saturated heterocycles. The van der Waals surface area contributed by atoms with E-state index in [1.54, 1.807) is 6.07 Å². The fraction of sp³-hybridized carbons (Fsp3) is 0.500. The standard InChI is InChI=1S/C16H19ClF2N4/c1-10-3-4-12(23(10)2)15-21-13(17)9-14(22-15)20-11-5-7-16(18,19)8-6-11/h3-4,9,11H,5-8H2,1-2H3,(H,20,21,22). The highest BCUT2D eigenvalue weighted by Gasteiger charge is 2.35. The van der Waals surface area contributed by atoms with E-state index in [-0.39, 0.29) is 18.9 Å². The van der Waals surface area contributed by atoms with Gasteiger partial charge in [-0.2, -0.15) is 0 Å². The minimum atomic E-state index is -2.53. The van der Waals surface area contributed by atoms with Crippen LogP contribution in [0.15, 0.2) is 18.2 Å². The lowest BCUT2D eigenvalue weighted by molar-refractivity contribution is -0.0361. The van der Waals surface area contributed by atoms with E-state index in [0.717, 1.165) is 11.4 Å². The monoisotopic (exact) mass is 340 g/mol. The summed E-state index contributed by atoms with van der Waals surface area (Å²) in [5, 5.41) is 3.55. The fourth-order valence-electron chi connectivity index (χ4n) is 2.84. The second-order valence-corrected chi connectivity index (χ2v) is 6.48. The van der Waals surface area contributed by atoms with Gasteiger partial charge in [-0.3, -0.25) is 0 Å². The number of nitrogens with one attached hydrogen (secondary N) is 1. The van der Waals surface area contributed by atoms with Gasteiger partial charge >= 0.3 is 0 Å². The van der Waals surface area contributed by atoms with Crippen molar-refractivity contribution in [3.05, 3.63) is 29.0 Å². The Hall–Kier alpha value is -1.69. The Labute approximate surface area is 138 Å². The molecule has 0 amide bonds. The largest absolute Gasteiger partial charge is 0.367 e. The lowest BCUT2D eigenvalue weighted by atomic mass is 9.92. The first-order valence-corrected chi connectivity index (χ1v) is 8.03. The maximum absolute atomic E-state index is 13.2. The number of aromatic nitrogens is 3. The van der Waals surface area contributed by atoms with Crippen molar-refractivity contribution in [1.82, 2.24) is 14.5 Å². The summed E-state index contributed by atoms with van der Waals surface area (Å²) >= 11 is 6.10. The molecule has 2 heterocycles. The lowest BCUT2D eigenvalue weighted by Gasteiger charge is -2.29. The smallest absolute Gasteiger partial charge is 0.248 e. The van der Waals surface area contributed by atoms with Crippen LogP contribution in [0.2, 0.25) is 5.15 Å². The van der Waals surface area contributed by atoms with Crippen molar-refractivity contribution in [2.75, 3.05) is 5.32 Å². The van der Waals surface area contributed by atoms with Crippen LogP contribution >= 0.6 is 11.6 Å². The predicted octanol–water partition coefficient (Wildman–Crippen LogP) is 4.43. The number of aryl methyl sites for hydroxylation is 1. The minimum absolute atomic E-state index is 0.0106. The highest BCUT2D eigenvalue weighted by molar-refractivity contribution is 6.29. The van der Waals surface area contributed by atoms with Crippen LogP contribution in [-0.4, -0.2) is 26.5 Å². The van der Waals surface area contributed by atoms with Crippen molar-refractivity contribution in [2.24, 2.45) is 7.05 Å². The number of nitrogens with zero attached hydrogens (tertiary/aromatic N) is 3. The fourth-order valence-corrected chi connectivity index (χ4v) is 3.02. The molecule has 4 nitrogen and oxygen atoms in total. The third-order valence-electron chi connectivity index (χ3n) is 4.37. The second-order valence-electron chi connectivity index (χ2n) is 6.09. The van der Waals surface area contributed by atoms with Crippen LogP contribution in [0.4, 0.5) is 14.6 Å². The van der Waals surface area contributed by atoms with Crippen molar-refractivity contribution >= 4 is 17.4 Å². The molecule has 1 fully saturated rings. The minimum Gasteiger partial charge on any atom is -0.367 e. The van der Waals surface area contributed by atoms with Crippen molar-refractivity contribution in [3.63, 3.8) is 0 Å². The van der Waals surface area contributed by atoms with E-state index < -0.39 is 5.92 Å². The Morgan fingerprint density at radius 2 is 1.96 bits per heavy atom. The van der Waals surface area contributed by atoms with Crippen LogP contribution in [-0.2, 0) is 7.05 Å². The molecule has 1 saturated carbocycles. The first kappa shape index (κ1) is 16.2. The Morgan fingerprint density at radius 3 is 2.57 bits per heavy atom. The molecule has 0 aromatic carbocycles. The molecule has 1 aliphatic rings. The van der Waals surface area contributed by atoms with Crippen LogP contribution in [0.1, 0.15) is 31.4 Å². The summed E-state index contributed by atoms with van der Waals surface area (Å²) in [5.74, 6) is -1.43. The van der Waals surface area contributed by atoms with Gasteiger partial charge in [0.25, 0.3) is 0 Å². The van der Waals surface area contributed by atoms with Gasteiger partial charge in [0.1, 0.15) is 11.0 Å². The molecule has 3 rings (SSSR count). The Kier molecular flexibility index (Phi) is 4.27. The molecule has 1 N–H and O–H groups in total. The topological polar surface area (TPSA) is 42.7 Å². The van der Waals surface area contributed by atoms with Crippen LogP contribution < -0.4 is 5.32 Å². The molecule has 0 atom stereocenters. The first-order valence-electron chi connectivity index (χ1n) is 7.66. The molecule has 124 valence electrons. The van der Waals surface area contributed by atoms with E-state index in [1.165, 1.54) is 0 Å². The van der Waals surface area contributed by atoms with E-state index in [0.29, 0.717) is 29.6 Å². The number of rotatable bonds is 3.